The van der Waals surface area contributed by atoms with Crippen LogP contribution in [0.4, 0.5) is 0 Å². The third-order valence-electron chi connectivity index (χ3n) is 1.68. The Kier molecular flexibility index (Phi) is 2.24. The summed E-state index contributed by atoms with van der Waals surface area (Å²) in [6.45, 7) is 6.19. The first-order valence-corrected chi connectivity index (χ1v) is 4.60. The summed E-state index contributed by atoms with van der Waals surface area (Å²) in [4.78, 5) is 13.1. The number of hydrogen-bond acceptors (Lipinski definition) is 2. The maximum Gasteiger partial charge on any atom is 0.233 e. The largest absolute Gasteiger partial charge is 0.328 e. The van der Waals surface area contributed by atoms with E-state index in [2.05, 4.69) is 20.8 Å². The topological polar surface area (TPSA) is 20.3 Å². The van der Waals surface area contributed by atoms with Gasteiger partial charge in [0.15, 0.2) is 0 Å². The molecule has 1 aliphatic rings. The normalized spacial score (nSPS) is 26.6. The Morgan fingerprint density at radius 2 is 2.30 bits per heavy atom. The van der Waals surface area contributed by atoms with E-state index in [0.29, 0.717) is 17.2 Å². The molecule has 0 aromatic heterocycles. The molecule has 0 aromatic carbocycles. The van der Waals surface area contributed by atoms with Gasteiger partial charge in [-0.3, -0.25) is 4.79 Å². The summed E-state index contributed by atoms with van der Waals surface area (Å²) in [7, 11) is 0. The van der Waals surface area contributed by atoms with E-state index in [1.807, 2.05) is 4.90 Å². The number of amides is 1. The van der Waals surface area contributed by atoms with E-state index in [1.165, 1.54) is 0 Å². The monoisotopic (exact) mass is 159 g/mol. The van der Waals surface area contributed by atoms with Crippen molar-refractivity contribution >= 4 is 17.7 Å². The lowest BCUT2D eigenvalue weighted by Gasteiger charge is -2.24. The molecule has 0 saturated carbocycles. The molecule has 1 fully saturated rings. The van der Waals surface area contributed by atoms with Crippen molar-refractivity contribution in [2.24, 2.45) is 0 Å². The van der Waals surface area contributed by atoms with Crippen LogP contribution in [0.5, 0.6) is 0 Å². The third-order valence-corrected chi connectivity index (χ3v) is 2.81. The van der Waals surface area contributed by atoms with Crippen LogP contribution in [0, 0.1) is 0 Å². The zero-order valence-corrected chi connectivity index (χ0v) is 7.44. The van der Waals surface area contributed by atoms with Gasteiger partial charge in [0.05, 0.1) is 11.1 Å². The van der Waals surface area contributed by atoms with Gasteiger partial charge in [-0.1, -0.05) is 0 Å². The number of carbonyl (C=O) groups excluding carboxylic acids is 1. The summed E-state index contributed by atoms with van der Waals surface area (Å²) in [5, 5.41) is 0.382. The van der Waals surface area contributed by atoms with Crippen molar-refractivity contribution < 1.29 is 4.79 Å². The van der Waals surface area contributed by atoms with Crippen molar-refractivity contribution in [3.63, 3.8) is 0 Å². The zero-order chi connectivity index (χ0) is 7.72. The minimum Gasteiger partial charge on any atom is -0.328 e. The van der Waals surface area contributed by atoms with Gasteiger partial charge in [-0.15, -0.1) is 11.8 Å². The minimum absolute atomic E-state index is 0.285. The van der Waals surface area contributed by atoms with Gasteiger partial charge in [0.2, 0.25) is 5.91 Å². The molecule has 0 radical (unpaired) electrons. The Balaban J connectivity index is 2.63. The fourth-order valence-electron chi connectivity index (χ4n) is 1.26. The van der Waals surface area contributed by atoms with Crippen LogP contribution >= 0.6 is 11.8 Å². The molecule has 0 aromatic rings. The smallest absolute Gasteiger partial charge is 0.233 e. The van der Waals surface area contributed by atoms with Crippen LogP contribution in [-0.2, 0) is 4.79 Å². The highest BCUT2D eigenvalue weighted by Crippen LogP contribution is 2.25. The molecule has 3 heteroatoms. The molecular formula is C7H13NOS. The quantitative estimate of drug-likeness (QED) is 0.575. The molecule has 1 saturated heterocycles. The van der Waals surface area contributed by atoms with Gasteiger partial charge in [-0.05, 0) is 20.8 Å². The molecule has 1 unspecified atom stereocenters. The van der Waals surface area contributed by atoms with E-state index in [1.54, 1.807) is 11.8 Å². The first kappa shape index (κ1) is 7.92. The van der Waals surface area contributed by atoms with Crippen molar-refractivity contribution in [3.05, 3.63) is 0 Å². The number of carbonyl (C=O) groups is 1. The Labute approximate surface area is 66.0 Å². The summed E-state index contributed by atoms with van der Waals surface area (Å²) < 4.78 is 0. The molecule has 1 atom stereocenters. The number of nitrogens with zero attached hydrogens (tertiary/aromatic N) is 1. The van der Waals surface area contributed by atoms with Gasteiger partial charge in [-0.25, -0.2) is 0 Å². The zero-order valence-electron chi connectivity index (χ0n) is 6.63. The van der Waals surface area contributed by atoms with E-state index in [-0.39, 0.29) is 5.91 Å². The highest BCUT2D eigenvalue weighted by Gasteiger charge is 2.29. The van der Waals surface area contributed by atoms with Gasteiger partial charge in [0.1, 0.15) is 0 Å². The fourth-order valence-corrected chi connectivity index (χ4v) is 2.31. The maximum absolute atomic E-state index is 11.1. The highest BCUT2D eigenvalue weighted by molar-refractivity contribution is 8.00. The lowest BCUT2D eigenvalue weighted by atomic mass is 10.3. The van der Waals surface area contributed by atoms with Crippen LogP contribution in [-0.4, -0.2) is 28.0 Å². The second-order valence-electron chi connectivity index (χ2n) is 2.81. The summed E-state index contributed by atoms with van der Waals surface area (Å²) in [6.07, 6.45) is 0. The maximum atomic E-state index is 11.1. The molecule has 1 heterocycles. The van der Waals surface area contributed by atoms with Crippen molar-refractivity contribution in [2.75, 3.05) is 5.75 Å². The second-order valence-corrected chi connectivity index (χ2v) is 4.11. The van der Waals surface area contributed by atoms with Crippen molar-refractivity contribution in [3.8, 4) is 0 Å². The van der Waals surface area contributed by atoms with Gasteiger partial charge >= 0.3 is 0 Å². The Morgan fingerprint density at radius 3 is 2.50 bits per heavy atom. The van der Waals surface area contributed by atoms with Crippen molar-refractivity contribution in [1.82, 2.24) is 4.90 Å². The lowest BCUT2D eigenvalue weighted by Crippen LogP contribution is -2.36. The predicted molar refractivity (Wildman–Crippen MR) is 43.9 cm³/mol. The number of rotatable bonds is 1. The van der Waals surface area contributed by atoms with E-state index in [9.17, 15) is 4.79 Å². The molecule has 1 rings (SSSR count). The fraction of sp³-hybridized carbons (Fsp3) is 0.857. The van der Waals surface area contributed by atoms with Crippen LogP contribution in [0.1, 0.15) is 20.8 Å². The van der Waals surface area contributed by atoms with Gasteiger partial charge in [-0.2, -0.15) is 0 Å². The average Bonchev–Trinajstić information content (AvgIpc) is 2.11. The average molecular weight is 159 g/mol. The summed E-state index contributed by atoms with van der Waals surface area (Å²) in [5.41, 5.74) is 0. The molecule has 10 heavy (non-hydrogen) atoms. The van der Waals surface area contributed by atoms with E-state index in [4.69, 9.17) is 0 Å². The Morgan fingerprint density at radius 1 is 1.70 bits per heavy atom. The lowest BCUT2D eigenvalue weighted by molar-refractivity contribution is -0.129. The standard InChI is InChI=1S/C7H13NOS/c1-5(2)8-6(3)10-4-7(8)9/h5-6H,4H2,1-3H3. The van der Waals surface area contributed by atoms with Gasteiger partial charge in [0.25, 0.3) is 0 Å². The summed E-state index contributed by atoms with van der Waals surface area (Å²) in [6, 6.07) is 0.359. The van der Waals surface area contributed by atoms with E-state index in [0.717, 1.165) is 0 Å². The van der Waals surface area contributed by atoms with Gasteiger partial charge in [0, 0.05) is 6.04 Å². The van der Waals surface area contributed by atoms with Crippen LogP contribution in [0.3, 0.4) is 0 Å². The predicted octanol–water partition coefficient (Wildman–Crippen LogP) is 1.32. The van der Waals surface area contributed by atoms with Crippen LogP contribution in [0.2, 0.25) is 0 Å². The number of thioether (sulfide) groups is 1. The van der Waals surface area contributed by atoms with Crippen molar-refractivity contribution in [1.29, 1.82) is 0 Å². The van der Waals surface area contributed by atoms with Crippen LogP contribution < -0.4 is 0 Å². The molecule has 58 valence electrons. The van der Waals surface area contributed by atoms with Crippen LogP contribution in [0.25, 0.3) is 0 Å². The van der Waals surface area contributed by atoms with Gasteiger partial charge < -0.3 is 4.90 Å². The summed E-state index contributed by atoms with van der Waals surface area (Å²) in [5.74, 6) is 0.951. The highest BCUT2D eigenvalue weighted by atomic mass is 32.2. The van der Waals surface area contributed by atoms with Crippen LogP contribution in [0.15, 0.2) is 0 Å². The molecule has 2 nitrogen and oxygen atoms in total. The Hall–Kier alpha value is -0.180. The molecule has 0 aliphatic carbocycles. The van der Waals surface area contributed by atoms with Crippen molar-refractivity contribution in [2.45, 2.75) is 32.2 Å². The molecule has 0 spiro atoms. The minimum atomic E-state index is 0.285. The Bertz CT molecular complexity index is 147. The third kappa shape index (κ3) is 1.29. The molecular weight excluding hydrogens is 146 g/mol. The first-order valence-electron chi connectivity index (χ1n) is 3.55. The van der Waals surface area contributed by atoms with E-state index >= 15 is 0 Å². The number of hydrogen-bond donors (Lipinski definition) is 0. The molecule has 1 amide bonds. The second kappa shape index (κ2) is 2.82. The molecule has 1 aliphatic heterocycles. The molecule has 0 N–H and O–H groups in total. The first-order chi connectivity index (χ1) is 4.63. The summed E-state index contributed by atoms with van der Waals surface area (Å²) >= 11 is 1.72. The molecule has 0 bridgehead atoms. The SMILES string of the molecule is CC(C)N1C(=O)CSC1C. The van der Waals surface area contributed by atoms with E-state index < -0.39 is 0 Å².